The van der Waals surface area contributed by atoms with Crippen molar-refractivity contribution in [1.29, 1.82) is 0 Å². The lowest BCUT2D eigenvalue weighted by Crippen LogP contribution is -2.52. The Bertz CT molecular complexity index is 564. The van der Waals surface area contributed by atoms with E-state index in [2.05, 4.69) is 53.4 Å². The van der Waals surface area contributed by atoms with Gasteiger partial charge in [0.2, 0.25) is 0 Å². The van der Waals surface area contributed by atoms with Crippen LogP contribution < -0.4 is 10.1 Å². The van der Waals surface area contributed by atoms with Crippen molar-refractivity contribution in [1.82, 2.24) is 15.1 Å². The molecule has 3 aliphatic rings. The zero-order chi connectivity index (χ0) is 16.6. The van der Waals surface area contributed by atoms with Gasteiger partial charge in [0.25, 0.3) is 0 Å². The summed E-state index contributed by atoms with van der Waals surface area (Å²) in [7, 11) is 2.22. The molecule has 0 bridgehead atoms. The van der Waals surface area contributed by atoms with Gasteiger partial charge < -0.3 is 15.0 Å². The smallest absolute Gasteiger partial charge is 0.124 e. The zero-order valence-corrected chi connectivity index (χ0v) is 15.1. The summed E-state index contributed by atoms with van der Waals surface area (Å²) >= 11 is 0. The van der Waals surface area contributed by atoms with Gasteiger partial charge >= 0.3 is 0 Å². The molecule has 2 aliphatic heterocycles. The van der Waals surface area contributed by atoms with Crippen molar-refractivity contribution in [2.24, 2.45) is 0 Å². The topological polar surface area (TPSA) is 27.7 Å². The highest BCUT2D eigenvalue weighted by Gasteiger charge is 2.45. The average molecular weight is 329 g/mol. The molecule has 2 fully saturated rings. The summed E-state index contributed by atoms with van der Waals surface area (Å²) in [4.78, 5) is 5.02. The number of hydrogen-bond acceptors (Lipinski definition) is 4. The summed E-state index contributed by atoms with van der Waals surface area (Å²) < 4.78 is 6.37. The van der Waals surface area contributed by atoms with Crippen LogP contribution in [0.5, 0.6) is 5.75 Å². The van der Waals surface area contributed by atoms with Gasteiger partial charge in [-0.1, -0.05) is 18.2 Å². The SMILES string of the molecule is C[C@@H](CN1CCN(C)CC1)N[C@@H]1CC2(CCC2)Oc2ccccc21. The molecule has 24 heavy (non-hydrogen) atoms. The van der Waals surface area contributed by atoms with Gasteiger partial charge in [-0.2, -0.15) is 0 Å². The van der Waals surface area contributed by atoms with Gasteiger partial charge in [-0.15, -0.1) is 0 Å². The summed E-state index contributed by atoms with van der Waals surface area (Å²) in [5, 5.41) is 3.92. The molecule has 1 aliphatic carbocycles. The quantitative estimate of drug-likeness (QED) is 0.919. The number of rotatable bonds is 4. The first kappa shape index (κ1) is 16.4. The molecule has 1 spiro atoms. The maximum atomic E-state index is 6.37. The second kappa shape index (κ2) is 6.66. The maximum Gasteiger partial charge on any atom is 0.124 e. The summed E-state index contributed by atoms with van der Waals surface area (Å²) in [5.74, 6) is 1.10. The first-order chi connectivity index (χ1) is 11.6. The molecular weight excluding hydrogens is 298 g/mol. The Morgan fingerprint density at radius 1 is 1.21 bits per heavy atom. The van der Waals surface area contributed by atoms with Crippen molar-refractivity contribution in [3.63, 3.8) is 0 Å². The Balaban J connectivity index is 1.41. The second-order valence-electron chi connectivity index (χ2n) is 8.10. The first-order valence-electron chi connectivity index (χ1n) is 9.58. The second-order valence-corrected chi connectivity index (χ2v) is 8.10. The fraction of sp³-hybridized carbons (Fsp3) is 0.700. The summed E-state index contributed by atoms with van der Waals surface area (Å²) in [6.45, 7) is 8.24. The normalized spacial score (nSPS) is 28.0. The van der Waals surface area contributed by atoms with Crippen LogP contribution in [-0.2, 0) is 0 Å². The molecule has 4 rings (SSSR count). The van der Waals surface area contributed by atoms with Crippen molar-refractivity contribution < 1.29 is 4.74 Å². The van der Waals surface area contributed by atoms with Gasteiger partial charge in [0.1, 0.15) is 11.4 Å². The molecule has 1 saturated carbocycles. The number of para-hydroxylation sites is 1. The van der Waals surface area contributed by atoms with Gasteiger partial charge in [0.05, 0.1) is 0 Å². The van der Waals surface area contributed by atoms with E-state index >= 15 is 0 Å². The van der Waals surface area contributed by atoms with E-state index in [1.54, 1.807) is 0 Å². The van der Waals surface area contributed by atoms with Crippen LogP contribution >= 0.6 is 0 Å². The third kappa shape index (κ3) is 3.32. The predicted molar refractivity (Wildman–Crippen MR) is 97.5 cm³/mol. The van der Waals surface area contributed by atoms with E-state index in [4.69, 9.17) is 4.74 Å². The molecule has 0 radical (unpaired) electrons. The summed E-state index contributed by atoms with van der Waals surface area (Å²) in [6, 6.07) is 9.55. The average Bonchev–Trinajstić information content (AvgIpc) is 2.55. The lowest BCUT2D eigenvalue weighted by molar-refractivity contribution is -0.0382. The van der Waals surface area contributed by atoms with Crippen molar-refractivity contribution in [2.75, 3.05) is 39.8 Å². The minimum absolute atomic E-state index is 0.111. The number of hydrogen-bond donors (Lipinski definition) is 1. The van der Waals surface area contributed by atoms with Crippen molar-refractivity contribution in [3.8, 4) is 5.75 Å². The minimum atomic E-state index is 0.111. The zero-order valence-electron chi connectivity index (χ0n) is 15.1. The highest BCUT2D eigenvalue weighted by molar-refractivity contribution is 5.39. The first-order valence-corrected chi connectivity index (χ1v) is 9.58. The van der Waals surface area contributed by atoms with Gasteiger partial charge in [-0.3, -0.25) is 4.90 Å². The number of fused-ring (bicyclic) bond motifs is 1. The van der Waals surface area contributed by atoms with Crippen LogP contribution in [0.25, 0.3) is 0 Å². The highest BCUT2D eigenvalue weighted by atomic mass is 16.5. The molecule has 0 amide bonds. The standard InChI is InChI=1S/C20H31N3O/c1-16(15-23-12-10-22(2)11-13-23)21-18-14-20(8-5-9-20)24-19-7-4-3-6-17(18)19/h3-4,6-7,16,18,21H,5,8-15H2,1-2H3/t16-,18+/m0/s1. The lowest BCUT2D eigenvalue weighted by atomic mass is 9.73. The van der Waals surface area contributed by atoms with E-state index in [0.29, 0.717) is 12.1 Å². The Morgan fingerprint density at radius 2 is 1.96 bits per heavy atom. The number of benzene rings is 1. The molecule has 2 heterocycles. The van der Waals surface area contributed by atoms with Crippen LogP contribution in [-0.4, -0.2) is 61.2 Å². The fourth-order valence-electron chi connectivity index (χ4n) is 4.46. The van der Waals surface area contributed by atoms with Gasteiger partial charge in [-0.05, 0) is 39.3 Å². The number of nitrogens with one attached hydrogen (secondary N) is 1. The predicted octanol–water partition coefficient (Wildman–Crippen LogP) is 2.66. The monoisotopic (exact) mass is 329 g/mol. The van der Waals surface area contributed by atoms with Gasteiger partial charge in [-0.25, -0.2) is 0 Å². The van der Waals surface area contributed by atoms with Gasteiger partial charge in [0, 0.05) is 56.8 Å². The summed E-state index contributed by atoms with van der Waals surface area (Å²) in [5.41, 5.74) is 1.46. The third-order valence-corrected chi connectivity index (χ3v) is 6.08. The van der Waals surface area contributed by atoms with E-state index in [1.807, 2.05) is 0 Å². The lowest BCUT2D eigenvalue weighted by Gasteiger charge is -2.48. The molecule has 1 aromatic rings. The Hall–Kier alpha value is -1.10. The number of piperazine rings is 1. The fourth-order valence-corrected chi connectivity index (χ4v) is 4.46. The number of nitrogens with zero attached hydrogens (tertiary/aromatic N) is 2. The van der Waals surface area contributed by atoms with Crippen LogP contribution in [0, 0.1) is 0 Å². The van der Waals surface area contributed by atoms with E-state index in [0.717, 1.165) is 18.7 Å². The van der Waals surface area contributed by atoms with Crippen LogP contribution in [0.2, 0.25) is 0 Å². The highest BCUT2D eigenvalue weighted by Crippen LogP contribution is 2.48. The maximum absolute atomic E-state index is 6.37. The molecule has 1 saturated heterocycles. The summed E-state index contributed by atoms with van der Waals surface area (Å²) in [6.07, 6.45) is 4.86. The molecule has 1 N–H and O–H groups in total. The number of ether oxygens (including phenoxy) is 1. The van der Waals surface area contributed by atoms with E-state index < -0.39 is 0 Å². The Labute approximate surface area is 146 Å². The molecule has 0 aromatic heterocycles. The number of likely N-dealkylation sites (N-methyl/N-ethyl adjacent to an activating group) is 1. The van der Waals surface area contributed by atoms with Crippen molar-refractivity contribution in [2.45, 2.75) is 50.3 Å². The van der Waals surface area contributed by atoms with E-state index in [9.17, 15) is 0 Å². The van der Waals surface area contributed by atoms with Crippen molar-refractivity contribution in [3.05, 3.63) is 29.8 Å². The van der Waals surface area contributed by atoms with Crippen LogP contribution in [0.15, 0.2) is 24.3 Å². The molecule has 2 atom stereocenters. The Kier molecular flexibility index (Phi) is 4.54. The van der Waals surface area contributed by atoms with Crippen molar-refractivity contribution >= 4 is 0 Å². The van der Waals surface area contributed by atoms with Crippen LogP contribution in [0.1, 0.15) is 44.2 Å². The molecule has 0 unspecified atom stereocenters. The molecule has 4 nitrogen and oxygen atoms in total. The minimum Gasteiger partial charge on any atom is -0.487 e. The largest absolute Gasteiger partial charge is 0.487 e. The van der Waals surface area contributed by atoms with Gasteiger partial charge in [0.15, 0.2) is 0 Å². The van der Waals surface area contributed by atoms with E-state index in [1.165, 1.54) is 51.0 Å². The molecular formula is C20H31N3O. The molecule has 4 heteroatoms. The van der Waals surface area contributed by atoms with Crippen LogP contribution in [0.3, 0.4) is 0 Å². The van der Waals surface area contributed by atoms with Crippen LogP contribution in [0.4, 0.5) is 0 Å². The molecule has 1 aromatic carbocycles. The van der Waals surface area contributed by atoms with E-state index in [-0.39, 0.29) is 5.60 Å². The Morgan fingerprint density at radius 3 is 2.67 bits per heavy atom. The molecule has 132 valence electrons. The third-order valence-electron chi connectivity index (χ3n) is 6.08.